The zero-order valence-electron chi connectivity index (χ0n) is 23.3. The highest BCUT2D eigenvalue weighted by Crippen LogP contribution is 2.26. The van der Waals surface area contributed by atoms with Crippen molar-refractivity contribution in [3.63, 3.8) is 0 Å². The molecule has 0 saturated carbocycles. The number of anilines is 1. The van der Waals surface area contributed by atoms with Crippen molar-refractivity contribution in [1.82, 2.24) is 19.4 Å². The van der Waals surface area contributed by atoms with Crippen LogP contribution >= 0.6 is 0 Å². The number of nitrogens with zero attached hydrogens (tertiary/aromatic N) is 6. The van der Waals surface area contributed by atoms with Gasteiger partial charge in [0.1, 0.15) is 24.2 Å². The average Bonchev–Trinajstić information content (AvgIpc) is 3.33. The van der Waals surface area contributed by atoms with Crippen molar-refractivity contribution in [3.8, 4) is 6.07 Å². The lowest BCUT2D eigenvalue weighted by Gasteiger charge is -2.34. The molecule has 3 heterocycles. The Hall–Kier alpha value is -3.93. The van der Waals surface area contributed by atoms with E-state index >= 15 is 0 Å². The Morgan fingerprint density at radius 1 is 1.10 bits per heavy atom. The molecule has 39 heavy (non-hydrogen) atoms. The van der Waals surface area contributed by atoms with Gasteiger partial charge in [-0.2, -0.15) is 5.26 Å². The van der Waals surface area contributed by atoms with Crippen molar-refractivity contribution in [2.75, 3.05) is 31.1 Å². The van der Waals surface area contributed by atoms with E-state index in [0.29, 0.717) is 37.1 Å². The Morgan fingerprint density at radius 3 is 2.59 bits per heavy atom. The summed E-state index contributed by atoms with van der Waals surface area (Å²) in [5.74, 6) is 0.891. The molecule has 0 bridgehead atoms. The van der Waals surface area contributed by atoms with Gasteiger partial charge in [-0.3, -0.25) is 14.2 Å². The lowest BCUT2D eigenvalue weighted by molar-refractivity contribution is -0.148. The van der Waals surface area contributed by atoms with Gasteiger partial charge in [-0.05, 0) is 48.8 Å². The van der Waals surface area contributed by atoms with E-state index in [9.17, 15) is 9.59 Å². The molecule has 1 aliphatic rings. The molecule has 1 fully saturated rings. The van der Waals surface area contributed by atoms with Crippen LogP contribution in [0, 0.1) is 23.2 Å². The second kappa shape index (κ2) is 12.7. The highest BCUT2D eigenvalue weighted by Gasteiger charge is 2.24. The Kier molecular flexibility index (Phi) is 9.18. The van der Waals surface area contributed by atoms with Gasteiger partial charge in [0.15, 0.2) is 6.73 Å². The van der Waals surface area contributed by atoms with Gasteiger partial charge in [0.25, 0.3) is 0 Å². The molecule has 0 aliphatic carbocycles. The highest BCUT2D eigenvalue weighted by atomic mass is 16.5. The summed E-state index contributed by atoms with van der Waals surface area (Å²) in [6.07, 6.45) is 5.19. The monoisotopic (exact) mass is 530 g/mol. The fraction of sp³-hybridized carbons (Fsp3) is 0.500. The second-order valence-corrected chi connectivity index (χ2v) is 10.9. The van der Waals surface area contributed by atoms with Gasteiger partial charge in [0.05, 0.1) is 17.4 Å². The van der Waals surface area contributed by atoms with Crippen LogP contribution in [-0.2, 0) is 27.5 Å². The third kappa shape index (κ3) is 6.94. The van der Waals surface area contributed by atoms with Crippen LogP contribution in [0.4, 0.5) is 5.82 Å². The fourth-order valence-corrected chi connectivity index (χ4v) is 5.06. The number of benzene rings is 1. The minimum Gasteiger partial charge on any atom is -0.443 e. The molecule has 4 rings (SSSR count). The lowest BCUT2D eigenvalue weighted by atomic mass is 9.97. The average molecular weight is 531 g/mol. The smallest absolute Gasteiger partial charge is 0.314 e. The van der Waals surface area contributed by atoms with E-state index in [1.165, 1.54) is 11.9 Å². The predicted molar refractivity (Wildman–Crippen MR) is 150 cm³/mol. The molecule has 0 N–H and O–H groups in total. The molecule has 1 aliphatic heterocycles. The normalized spacial score (nSPS) is 17.0. The van der Waals surface area contributed by atoms with Crippen molar-refractivity contribution < 1.29 is 14.3 Å². The van der Waals surface area contributed by atoms with Gasteiger partial charge in [-0.25, -0.2) is 9.97 Å². The van der Waals surface area contributed by atoms with Gasteiger partial charge in [-0.1, -0.05) is 45.0 Å². The highest BCUT2D eigenvalue weighted by molar-refractivity contribution is 5.88. The van der Waals surface area contributed by atoms with Crippen molar-refractivity contribution in [1.29, 1.82) is 5.26 Å². The van der Waals surface area contributed by atoms with E-state index in [1.807, 2.05) is 42.0 Å². The first-order chi connectivity index (χ1) is 18.8. The SMILES string of the molecule is CC(C)Cc1ccc([C@H](C)C(=O)OCn2ccc3c(N4CC[C@@H](C)CN(C(=O)CC#N)CC4)ncnc32)cc1. The summed E-state index contributed by atoms with van der Waals surface area (Å²) in [5, 5.41) is 9.82. The van der Waals surface area contributed by atoms with Crippen molar-refractivity contribution >= 4 is 28.7 Å². The Labute approximate surface area is 230 Å². The first-order valence-electron chi connectivity index (χ1n) is 13.7. The zero-order valence-corrected chi connectivity index (χ0v) is 23.3. The topological polar surface area (TPSA) is 104 Å². The van der Waals surface area contributed by atoms with Crippen LogP contribution in [0.1, 0.15) is 57.6 Å². The summed E-state index contributed by atoms with van der Waals surface area (Å²) in [6.45, 7) is 11.0. The van der Waals surface area contributed by atoms with E-state index in [4.69, 9.17) is 10.00 Å². The number of esters is 1. The van der Waals surface area contributed by atoms with Crippen LogP contribution < -0.4 is 4.90 Å². The number of carbonyl (C=O) groups is 2. The quantitative estimate of drug-likeness (QED) is 0.394. The molecule has 0 unspecified atom stereocenters. The van der Waals surface area contributed by atoms with E-state index in [1.54, 1.807) is 4.90 Å². The molecule has 2 aromatic heterocycles. The van der Waals surface area contributed by atoms with Crippen LogP contribution in [-0.4, -0.2) is 57.5 Å². The maximum atomic E-state index is 12.9. The summed E-state index contributed by atoms with van der Waals surface area (Å²) in [5.41, 5.74) is 2.88. The second-order valence-electron chi connectivity index (χ2n) is 10.9. The standard InChI is InChI=1S/C30H38N6O3/c1-21(2)17-24-5-7-25(8-6-24)23(4)30(38)39-20-36-14-11-26-28(32-19-33-29(26)36)34-13-10-22(3)18-35(16-15-34)27(37)9-12-31/h5-8,11,14,19,21-23H,9-10,13,15-18,20H2,1-4H3/t22-,23+/m1/s1. The number of ether oxygens (including phenoxy) is 1. The number of carbonyl (C=O) groups excluding carboxylic acids is 2. The summed E-state index contributed by atoms with van der Waals surface area (Å²) in [4.78, 5) is 38.3. The summed E-state index contributed by atoms with van der Waals surface area (Å²) in [6, 6.07) is 12.1. The number of aromatic nitrogens is 3. The molecular weight excluding hydrogens is 492 g/mol. The molecule has 206 valence electrons. The third-order valence-corrected chi connectivity index (χ3v) is 7.30. The molecule has 1 saturated heterocycles. The Bertz CT molecular complexity index is 1330. The van der Waals surface area contributed by atoms with Crippen LogP contribution in [0.25, 0.3) is 11.0 Å². The molecule has 2 atom stereocenters. The number of rotatable bonds is 8. The van der Waals surface area contributed by atoms with Crippen molar-refractivity contribution in [2.45, 2.75) is 59.6 Å². The predicted octanol–water partition coefficient (Wildman–Crippen LogP) is 4.52. The molecule has 0 spiro atoms. The summed E-state index contributed by atoms with van der Waals surface area (Å²) in [7, 11) is 0. The van der Waals surface area contributed by atoms with E-state index < -0.39 is 0 Å². The maximum Gasteiger partial charge on any atom is 0.314 e. The minimum absolute atomic E-state index is 0.0576. The molecule has 1 aromatic carbocycles. The number of hydrogen-bond acceptors (Lipinski definition) is 7. The minimum atomic E-state index is -0.375. The maximum absolute atomic E-state index is 12.9. The summed E-state index contributed by atoms with van der Waals surface area (Å²) >= 11 is 0. The first-order valence-corrected chi connectivity index (χ1v) is 13.7. The number of hydrogen-bond donors (Lipinski definition) is 0. The van der Waals surface area contributed by atoms with E-state index in [2.05, 4.69) is 47.8 Å². The number of nitriles is 1. The zero-order chi connectivity index (χ0) is 27.9. The molecule has 1 amide bonds. The molecule has 9 heteroatoms. The Morgan fingerprint density at radius 2 is 1.87 bits per heavy atom. The van der Waals surface area contributed by atoms with Crippen LogP contribution in [0.3, 0.4) is 0 Å². The summed E-state index contributed by atoms with van der Waals surface area (Å²) < 4.78 is 7.50. The number of fused-ring (bicyclic) bond motifs is 1. The van der Waals surface area contributed by atoms with Crippen LogP contribution in [0.15, 0.2) is 42.9 Å². The van der Waals surface area contributed by atoms with E-state index in [0.717, 1.165) is 36.2 Å². The third-order valence-electron chi connectivity index (χ3n) is 7.30. The van der Waals surface area contributed by atoms with Gasteiger partial charge in [-0.15, -0.1) is 0 Å². The fourth-order valence-electron chi connectivity index (χ4n) is 5.06. The first kappa shape index (κ1) is 28.1. The largest absolute Gasteiger partial charge is 0.443 e. The molecule has 3 aromatic rings. The van der Waals surface area contributed by atoms with Gasteiger partial charge in [0, 0.05) is 32.4 Å². The van der Waals surface area contributed by atoms with Gasteiger partial charge in [0.2, 0.25) is 5.91 Å². The van der Waals surface area contributed by atoms with Gasteiger partial charge >= 0.3 is 5.97 Å². The number of amides is 1. The molecule has 0 radical (unpaired) electrons. The van der Waals surface area contributed by atoms with E-state index in [-0.39, 0.29) is 30.9 Å². The van der Waals surface area contributed by atoms with Crippen LogP contribution in [0.2, 0.25) is 0 Å². The lowest BCUT2D eigenvalue weighted by Crippen LogP contribution is -2.44. The molecular formula is C30H38N6O3. The van der Waals surface area contributed by atoms with Crippen molar-refractivity contribution in [2.24, 2.45) is 11.8 Å². The van der Waals surface area contributed by atoms with Crippen LogP contribution in [0.5, 0.6) is 0 Å². The van der Waals surface area contributed by atoms with Gasteiger partial charge < -0.3 is 14.5 Å². The Balaban J connectivity index is 1.44. The van der Waals surface area contributed by atoms with Crippen molar-refractivity contribution in [3.05, 3.63) is 54.0 Å². The molecule has 9 nitrogen and oxygen atoms in total.